The molecule has 4 aromatic rings. The van der Waals surface area contributed by atoms with Crippen molar-refractivity contribution in [2.75, 3.05) is 0 Å². The van der Waals surface area contributed by atoms with Crippen LogP contribution >= 0.6 is 0 Å². The van der Waals surface area contributed by atoms with Crippen molar-refractivity contribution in [2.24, 2.45) is 0 Å². The van der Waals surface area contributed by atoms with Crippen molar-refractivity contribution < 1.29 is 14.6 Å². The molecule has 0 bridgehead atoms. The summed E-state index contributed by atoms with van der Waals surface area (Å²) in [6.07, 6.45) is 2.25. The van der Waals surface area contributed by atoms with E-state index in [1.807, 2.05) is 0 Å². The van der Waals surface area contributed by atoms with E-state index >= 15 is 0 Å². The molecule has 0 spiro atoms. The van der Waals surface area contributed by atoms with Crippen LogP contribution in [0.15, 0.2) is 78.9 Å². The summed E-state index contributed by atoms with van der Waals surface area (Å²) in [7, 11) is 0. The maximum absolute atomic E-state index is 11.1. The van der Waals surface area contributed by atoms with E-state index in [1.54, 1.807) is 24.3 Å². The number of carbonyl (C=O) groups is 1. The molecule has 4 heteroatoms. The summed E-state index contributed by atoms with van der Waals surface area (Å²) in [5.74, 6) is 3.26. The summed E-state index contributed by atoms with van der Waals surface area (Å²) in [6, 6.07) is 26.1. The molecule has 0 aliphatic heterocycles. The van der Waals surface area contributed by atoms with Crippen molar-refractivity contribution in [3.63, 3.8) is 0 Å². The molecule has 0 amide bonds. The van der Waals surface area contributed by atoms with Crippen LogP contribution in [0.5, 0.6) is 5.75 Å². The molecule has 0 aromatic heterocycles. The molecular formula is C34H32O3Se. The fourth-order valence-electron chi connectivity index (χ4n) is 5.29. The third-order valence-electron chi connectivity index (χ3n) is 7.62. The first-order valence-corrected chi connectivity index (χ1v) is 14.6. The van der Waals surface area contributed by atoms with Crippen LogP contribution in [0.3, 0.4) is 0 Å². The number of aromatic carboxylic acids is 1. The van der Waals surface area contributed by atoms with Gasteiger partial charge in [0.05, 0.1) is 0 Å². The molecule has 0 unspecified atom stereocenters. The van der Waals surface area contributed by atoms with Crippen molar-refractivity contribution in [1.82, 2.24) is 0 Å². The Hall–Kier alpha value is -3.51. The predicted octanol–water partition coefficient (Wildman–Crippen LogP) is 6.80. The van der Waals surface area contributed by atoms with Crippen LogP contribution < -0.4 is 9.20 Å². The van der Waals surface area contributed by atoms with Gasteiger partial charge in [0.15, 0.2) is 0 Å². The standard InChI is InChI=1S/C34H32O3Se/c1-33(2)17-18-34(3,4)31-29(33)20-27(38-19-16-23-12-14-25(15-13-23)32(35)36)21-30(31)37-22-26-10-7-9-24-8-5-6-11-28(24)26/h5-15,20-21H,17-18,22H2,1-4H3,(H,35,36). The minimum atomic E-state index is -0.927. The van der Waals surface area contributed by atoms with Gasteiger partial charge >= 0.3 is 232 Å². The Morgan fingerprint density at radius 2 is 1.63 bits per heavy atom. The quantitative estimate of drug-likeness (QED) is 0.213. The molecule has 38 heavy (non-hydrogen) atoms. The monoisotopic (exact) mass is 568 g/mol. The molecule has 1 aliphatic carbocycles. The van der Waals surface area contributed by atoms with Crippen LogP contribution in [-0.2, 0) is 17.4 Å². The zero-order valence-electron chi connectivity index (χ0n) is 22.3. The van der Waals surface area contributed by atoms with Crippen LogP contribution in [0, 0.1) is 10.7 Å². The molecule has 0 saturated carbocycles. The first-order chi connectivity index (χ1) is 18.1. The van der Waals surface area contributed by atoms with E-state index in [9.17, 15) is 4.79 Å². The van der Waals surface area contributed by atoms with Crippen LogP contribution in [-0.4, -0.2) is 26.0 Å². The van der Waals surface area contributed by atoms with Crippen molar-refractivity contribution in [1.29, 1.82) is 0 Å². The van der Waals surface area contributed by atoms with Gasteiger partial charge in [0, 0.05) is 0 Å². The fourth-order valence-corrected chi connectivity index (χ4v) is 6.61. The van der Waals surface area contributed by atoms with Gasteiger partial charge in [0.25, 0.3) is 0 Å². The minimum absolute atomic E-state index is 0.0298. The molecule has 0 radical (unpaired) electrons. The summed E-state index contributed by atoms with van der Waals surface area (Å²) >= 11 is -0.0737. The molecule has 0 heterocycles. The average molecular weight is 568 g/mol. The van der Waals surface area contributed by atoms with Gasteiger partial charge in [-0.15, -0.1) is 0 Å². The van der Waals surface area contributed by atoms with Crippen molar-refractivity contribution >= 4 is 36.2 Å². The van der Waals surface area contributed by atoms with Gasteiger partial charge in [0.2, 0.25) is 0 Å². The molecule has 0 fully saturated rings. The summed E-state index contributed by atoms with van der Waals surface area (Å²) in [4.78, 5) is 14.5. The van der Waals surface area contributed by atoms with Crippen molar-refractivity contribution in [2.45, 2.75) is 58.0 Å². The molecule has 4 aromatic carbocycles. The van der Waals surface area contributed by atoms with E-state index in [2.05, 4.69) is 93.0 Å². The SMILES string of the molecule is CC1(C)CCC(C)(C)c2c(OCc3cccc4ccccc34)cc([Se]C#Cc3ccc(C(=O)O)cc3)cc21. The van der Waals surface area contributed by atoms with Gasteiger partial charge in [-0.2, -0.15) is 0 Å². The zero-order chi connectivity index (χ0) is 26.9. The topological polar surface area (TPSA) is 46.5 Å². The molecule has 5 rings (SSSR count). The summed E-state index contributed by atoms with van der Waals surface area (Å²) < 4.78 is 7.87. The molecule has 0 saturated heterocycles. The van der Waals surface area contributed by atoms with Crippen molar-refractivity contribution in [3.05, 3.63) is 107 Å². The predicted molar refractivity (Wildman–Crippen MR) is 156 cm³/mol. The second-order valence-electron chi connectivity index (χ2n) is 11.3. The number of benzene rings is 4. The number of carboxylic acid groups (broad SMARTS) is 1. The summed E-state index contributed by atoms with van der Waals surface area (Å²) in [5.41, 5.74) is 5.07. The number of hydrogen-bond acceptors (Lipinski definition) is 2. The second kappa shape index (κ2) is 10.3. The Kier molecular flexibility index (Phi) is 7.10. The molecule has 3 nitrogen and oxygen atoms in total. The van der Waals surface area contributed by atoms with E-state index in [-0.39, 0.29) is 31.4 Å². The van der Waals surface area contributed by atoms with E-state index in [0.717, 1.165) is 24.2 Å². The molecular weight excluding hydrogens is 535 g/mol. The Bertz CT molecular complexity index is 1560. The van der Waals surface area contributed by atoms with E-state index in [0.29, 0.717) is 6.61 Å². The number of ether oxygens (including phenoxy) is 1. The summed E-state index contributed by atoms with van der Waals surface area (Å²) in [6.45, 7) is 9.85. The molecule has 192 valence electrons. The van der Waals surface area contributed by atoms with Gasteiger partial charge < -0.3 is 0 Å². The number of carboxylic acids is 1. The third kappa shape index (κ3) is 5.37. The second-order valence-corrected chi connectivity index (χ2v) is 13.1. The molecule has 0 atom stereocenters. The van der Waals surface area contributed by atoms with Gasteiger partial charge in [-0.25, -0.2) is 0 Å². The summed E-state index contributed by atoms with van der Waals surface area (Å²) in [5, 5.41) is 11.6. The Balaban J connectivity index is 1.49. The number of rotatable bonds is 5. The first kappa shape index (κ1) is 26.1. The normalized spacial score (nSPS) is 15.3. The average Bonchev–Trinajstić information content (AvgIpc) is 2.90. The van der Waals surface area contributed by atoms with Crippen LogP contribution in [0.1, 0.15) is 73.1 Å². The molecule has 1 N–H and O–H groups in total. The van der Waals surface area contributed by atoms with Gasteiger partial charge in [-0.05, 0) is 0 Å². The van der Waals surface area contributed by atoms with E-state index < -0.39 is 5.97 Å². The third-order valence-corrected chi connectivity index (χ3v) is 9.03. The number of fused-ring (bicyclic) bond motifs is 2. The van der Waals surface area contributed by atoms with E-state index in [4.69, 9.17) is 9.84 Å². The number of hydrogen-bond donors (Lipinski definition) is 1. The van der Waals surface area contributed by atoms with Crippen LogP contribution in [0.2, 0.25) is 0 Å². The Labute approximate surface area is 231 Å². The van der Waals surface area contributed by atoms with Crippen LogP contribution in [0.25, 0.3) is 10.8 Å². The first-order valence-electron chi connectivity index (χ1n) is 12.9. The van der Waals surface area contributed by atoms with Gasteiger partial charge in [-0.1, -0.05) is 0 Å². The van der Waals surface area contributed by atoms with Crippen molar-refractivity contribution in [3.8, 4) is 16.5 Å². The van der Waals surface area contributed by atoms with Crippen LogP contribution in [0.4, 0.5) is 0 Å². The Morgan fingerprint density at radius 3 is 2.39 bits per heavy atom. The fraction of sp³-hybridized carbons (Fsp3) is 0.265. The van der Waals surface area contributed by atoms with E-state index in [1.165, 1.54) is 31.9 Å². The molecule has 1 aliphatic rings. The van der Waals surface area contributed by atoms with Gasteiger partial charge in [0.1, 0.15) is 0 Å². The zero-order valence-corrected chi connectivity index (χ0v) is 24.0. The Morgan fingerprint density at radius 1 is 0.921 bits per heavy atom. The maximum atomic E-state index is 11.1. The van der Waals surface area contributed by atoms with Gasteiger partial charge in [-0.3, -0.25) is 0 Å².